The van der Waals surface area contributed by atoms with Crippen molar-refractivity contribution in [3.63, 3.8) is 0 Å². The van der Waals surface area contributed by atoms with E-state index < -0.39 is 0 Å². The lowest BCUT2D eigenvalue weighted by atomic mass is 10.2. The van der Waals surface area contributed by atoms with Gasteiger partial charge >= 0.3 is 0 Å². The molecule has 0 saturated heterocycles. The van der Waals surface area contributed by atoms with Gasteiger partial charge in [-0.25, -0.2) is 0 Å². The van der Waals surface area contributed by atoms with Gasteiger partial charge in [-0.15, -0.1) is 11.8 Å². The molecule has 0 unspecified atom stereocenters. The van der Waals surface area contributed by atoms with Crippen LogP contribution in [0.5, 0.6) is 0 Å². The predicted octanol–water partition coefficient (Wildman–Crippen LogP) is 4.63. The fourth-order valence-corrected chi connectivity index (χ4v) is 3.08. The molecule has 20 heavy (non-hydrogen) atoms. The topological polar surface area (TPSA) is 24.9 Å². The number of benzene rings is 1. The third kappa shape index (κ3) is 5.27. The maximum absolute atomic E-state index is 4.19. The third-order valence-corrected chi connectivity index (χ3v) is 4.28. The molecule has 0 amide bonds. The first-order chi connectivity index (χ1) is 9.63. The standard InChI is InChI=1S/C16H19BrN2S/c1-12(2)19-9-13-4-3-5-16(7-13)20-11-14-6-15(17)10-18-8-14/h3-8,10,12,19H,9,11H2,1-2H3. The number of hydrogen-bond acceptors (Lipinski definition) is 3. The summed E-state index contributed by atoms with van der Waals surface area (Å²) in [5.41, 5.74) is 2.56. The van der Waals surface area contributed by atoms with Crippen molar-refractivity contribution in [3.8, 4) is 0 Å². The average Bonchev–Trinajstić information content (AvgIpc) is 2.43. The van der Waals surface area contributed by atoms with Crippen LogP contribution in [0.1, 0.15) is 25.0 Å². The highest BCUT2D eigenvalue weighted by atomic mass is 79.9. The minimum atomic E-state index is 0.513. The van der Waals surface area contributed by atoms with E-state index in [0.29, 0.717) is 6.04 Å². The number of nitrogens with zero attached hydrogens (tertiary/aromatic N) is 1. The minimum Gasteiger partial charge on any atom is -0.310 e. The molecule has 2 nitrogen and oxygen atoms in total. The molecule has 0 saturated carbocycles. The van der Waals surface area contributed by atoms with Gasteiger partial charge in [-0.3, -0.25) is 4.98 Å². The molecule has 0 aliphatic rings. The largest absolute Gasteiger partial charge is 0.310 e. The molecular weight excluding hydrogens is 332 g/mol. The summed E-state index contributed by atoms with van der Waals surface area (Å²) in [5.74, 6) is 0.938. The van der Waals surface area contributed by atoms with Crippen molar-refractivity contribution >= 4 is 27.7 Å². The highest BCUT2D eigenvalue weighted by Gasteiger charge is 2.00. The summed E-state index contributed by atoms with van der Waals surface area (Å²) in [4.78, 5) is 5.49. The van der Waals surface area contributed by atoms with Crippen LogP contribution < -0.4 is 5.32 Å². The van der Waals surface area contributed by atoms with Crippen LogP contribution in [0.25, 0.3) is 0 Å². The second-order valence-electron chi connectivity index (χ2n) is 4.98. The Morgan fingerprint density at radius 2 is 2.05 bits per heavy atom. The summed E-state index contributed by atoms with van der Waals surface area (Å²) in [6.45, 7) is 5.25. The molecule has 2 rings (SSSR count). The number of halogens is 1. The van der Waals surface area contributed by atoms with Crippen molar-refractivity contribution in [1.29, 1.82) is 0 Å². The lowest BCUT2D eigenvalue weighted by molar-refractivity contribution is 0.588. The van der Waals surface area contributed by atoms with Gasteiger partial charge in [0.1, 0.15) is 0 Å². The molecule has 0 spiro atoms. The van der Waals surface area contributed by atoms with E-state index in [1.165, 1.54) is 16.0 Å². The molecule has 1 aromatic heterocycles. The molecule has 4 heteroatoms. The second-order valence-corrected chi connectivity index (χ2v) is 6.95. The third-order valence-electron chi connectivity index (χ3n) is 2.78. The second kappa shape index (κ2) is 7.81. The van der Waals surface area contributed by atoms with Crippen LogP contribution in [-0.2, 0) is 12.3 Å². The van der Waals surface area contributed by atoms with Crippen molar-refractivity contribution < 1.29 is 0 Å². The van der Waals surface area contributed by atoms with Crippen molar-refractivity contribution in [2.75, 3.05) is 0 Å². The molecule has 0 bridgehead atoms. The van der Waals surface area contributed by atoms with Gasteiger partial charge in [0.05, 0.1) is 0 Å². The molecule has 106 valence electrons. The Kier molecular flexibility index (Phi) is 6.07. The zero-order valence-electron chi connectivity index (χ0n) is 11.8. The quantitative estimate of drug-likeness (QED) is 0.768. The SMILES string of the molecule is CC(C)NCc1cccc(SCc2cncc(Br)c2)c1. The van der Waals surface area contributed by atoms with Crippen LogP contribution in [0, 0.1) is 0 Å². The summed E-state index contributed by atoms with van der Waals surface area (Å²) in [5, 5.41) is 3.44. The molecule has 0 radical (unpaired) electrons. The van der Waals surface area contributed by atoms with Crippen molar-refractivity contribution in [2.24, 2.45) is 0 Å². The van der Waals surface area contributed by atoms with E-state index in [0.717, 1.165) is 16.8 Å². The molecule has 1 heterocycles. The van der Waals surface area contributed by atoms with E-state index in [1.54, 1.807) is 0 Å². The summed E-state index contributed by atoms with van der Waals surface area (Å²) in [6.07, 6.45) is 3.73. The fraction of sp³-hybridized carbons (Fsp3) is 0.312. The van der Waals surface area contributed by atoms with E-state index in [1.807, 2.05) is 24.2 Å². The van der Waals surface area contributed by atoms with Crippen LogP contribution in [0.4, 0.5) is 0 Å². The summed E-state index contributed by atoms with van der Waals surface area (Å²) in [7, 11) is 0. The normalized spacial score (nSPS) is 11.0. The Balaban J connectivity index is 1.94. The number of rotatable bonds is 6. The summed E-state index contributed by atoms with van der Waals surface area (Å²) >= 11 is 5.30. The lowest BCUT2D eigenvalue weighted by Gasteiger charge is -2.09. The Hall–Kier alpha value is -0.840. The molecule has 2 aromatic rings. The van der Waals surface area contributed by atoms with Crippen LogP contribution >= 0.6 is 27.7 Å². The monoisotopic (exact) mass is 350 g/mol. The lowest BCUT2D eigenvalue weighted by Crippen LogP contribution is -2.21. The Bertz CT molecular complexity index is 558. The molecule has 0 aliphatic heterocycles. The van der Waals surface area contributed by atoms with E-state index in [9.17, 15) is 0 Å². The van der Waals surface area contributed by atoms with Crippen molar-refractivity contribution in [2.45, 2.75) is 37.1 Å². The van der Waals surface area contributed by atoms with Gasteiger partial charge in [0.2, 0.25) is 0 Å². The molecule has 0 fully saturated rings. The van der Waals surface area contributed by atoms with Gasteiger partial charge in [0, 0.05) is 40.1 Å². The number of thioether (sulfide) groups is 1. The first kappa shape index (κ1) is 15.5. The van der Waals surface area contributed by atoms with Gasteiger partial charge in [0.15, 0.2) is 0 Å². The van der Waals surface area contributed by atoms with Gasteiger partial charge in [0.25, 0.3) is 0 Å². The zero-order chi connectivity index (χ0) is 14.4. The fourth-order valence-electron chi connectivity index (χ4n) is 1.77. The van der Waals surface area contributed by atoms with Gasteiger partial charge in [-0.2, -0.15) is 0 Å². The van der Waals surface area contributed by atoms with E-state index in [2.05, 4.69) is 70.4 Å². The van der Waals surface area contributed by atoms with E-state index in [4.69, 9.17) is 0 Å². The maximum Gasteiger partial charge on any atom is 0.0410 e. The van der Waals surface area contributed by atoms with Crippen LogP contribution in [0.3, 0.4) is 0 Å². The van der Waals surface area contributed by atoms with Gasteiger partial charge in [-0.1, -0.05) is 26.0 Å². The van der Waals surface area contributed by atoms with Crippen molar-refractivity contribution in [3.05, 3.63) is 58.3 Å². The van der Waals surface area contributed by atoms with Crippen molar-refractivity contribution in [1.82, 2.24) is 10.3 Å². The number of nitrogens with one attached hydrogen (secondary N) is 1. The molecule has 1 N–H and O–H groups in total. The Morgan fingerprint density at radius 1 is 1.20 bits per heavy atom. The summed E-state index contributed by atoms with van der Waals surface area (Å²) in [6, 6.07) is 11.3. The zero-order valence-corrected chi connectivity index (χ0v) is 14.2. The number of aromatic nitrogens is 1. The predicted molar refractivity (Wildman–Crippen MR) is 89.9 cm³/mol. The van der Waals surface area contributed by atoms with Crippen LogP contribution in [-0.4, -0.2) is 11.0 Å². The number of hydrogen-bond donors (Lipinski definition) is 1. The van der Waals surface area contributed by atoms with Crippen LogP contribution in [0.2, 0.25) is 0 Å². The average molecular weight is 351 g/mol. The Morgan fingerprint density at radius 3 is 2.80 bits per heavy atom. The molecule has 0 atom stereocenters. The first-order valence-electron chi connectivity index (χ1n) is 6.68. The smallest absolute Gasteiger partial charge is 0.0410 e. The summed E-state index contributed by atoms with van der Waals surface area (Å²) < 4.78 is 1.03. The van der Waals surface area contributed by atoms with E-state index in [-0.39, 0.29) is 0 Å². The highest BCUT2D eigenvalue weighted by Crippen LogP contribution is 2.24. The van der Waals surface area contributed by atoms with E-state index >= 15 is 0 Å². The molecular formula is C16H19BrN2S. The van der Waals surface area contributed by atoms with Gasteiger partial charge < -0.3 is 5.32 Å². The molecule has 1 aromatic carbocycles. The van der Waals surface area contributed by atoms with Crippen LogP contribution in [0.15, 0.2) is 52.1 Å². The highest BCUT2D eigenvalue weighted by molar-refractivity contribution is 9.10. The first-order valence-corrected chi connectivity index (χ1v) is 8.46. The Labute approximate surface area is 133 Å². The molecule has 0 aliphatic carbocycles. The van der Waals surface area contributed by atoms with Gasteiger partial charge in [-0.05, 0) is 45.3 Å². The number of pyridine rings is 1. The minimum absolute atomic E-state index is 0.513. The maximum atomic E-state index is 4.19.